The summed E-state index contributed by atoms with van der Waals surface area (Å²) in [6, 6.07) is 36.6. The zero-order valence-electron chi connectivity index (χ0n) is 47.2. The Hall–Kier alpha value is -7.06. The minimum atomic E-state index is -0.660. The highest BCUT2D eigenvalue weighted by atomic mass is 35.5. The van der Waals surface area contributed by atoms with E-state index >= 15 is 0 Å². The molecule has 2 saturated carbocycles. The van der Waals surface area contributed by atoms with Crippen LogP contribution in [0.5, 0.6) is 0 Å². The molecule has 3 N–H and O–H groups in total. The van der Waals surface area contributed by atoms with Crippen LogP contribution in [-0.4, -0.2) is 91.4 Å². The molecular formula is C68H75ClN6O7. The molecule has 8 aliphatic rings. The topological polar surface area (TPSA) is 165 Å². The van der Waals surface area contributed by atoms with Crippen molar-refractivity contribution in [1.29, 1.82) is 0 Å². The fraction of sp³-hybridized carbons (Fsp3) is 0.426. The van der Waals surface area contributed by atoms with Crippen molar-refractivity contribution in [2.24, 2.45) is 10.8 Å². The predicted molar refractivity (Wildman–Crippen MR) is 323 cm³/mol. The molecule has 82 heavy (non-hydrogen) atoms. The number of carbonyl (C=O) groups is 7. The van der Waals surface area contributed by atoms with Crippen molar-refractivity contribution in [3.8, 4) is 0 Å². The smallest absolute Gasteiger partial charge is 0.259 e. The van der Waals surface area contributed by atoms with Crippen molar-refractivity contribution >= 4 is 87.1 Å². The number of benzene rings is 6. The molecule has 0 spiro atoms. The number of halogens is 1. The Labute approximate surface area is 486 Å². The van der Waals surface area contributed by atoms with Crippen LogP contribution in [0.2, 0.25) is 0 Å². The van der Waals surface area contributed by atoms with Gasteiger partial charge in [-0.2, -0.15) is 0 Å². The number of nitrogens with one attached hydrogen (secondary N) is 3. The number of piperidine rings is 4. The van der Waals surface area contributed by atoms with Crippen molar-refractivity contribution in [3.63, 3.8) is 0 Å². The van der Waals surface area contributed by atoms with Crippen LogP contribution in [-0.2, 0) is 36.8 Å². The minimum Gasteiger partial charge on any atom is -0.317 e. The molecule has 13 nitrogen and oxygen atoms in total. The third kappa shape index (κ3) is 11.3. The molecule has 14 heteroatoms. The Morgan fingerprint density at radius 3 is 1.38 bits per heavy atom. The Bertz CT molecular complexity index is 3470. The normalized spacial score (nSPS) is 22.0. The Morgan fingerprint density at radius 2 is 0.988 bits per heavy atom. The second kappa shape index (κ2) is 23.7. The van der Waals surface area contributed by atoms with Gasteiger partial charge in [0.25, 0.3) is 11.8 Å². The first-order valence-corrected chi connectivity index (χ1v) is 29.8. The summed E-state index contributed by atoms with van der Waals surface area (Å²) in [6.07, 6.45) is 16.3. The summed E-state index contributed by atoms with van der Waals surface area (Å²) in [5.41, 5.74) is 11.1. The molecule has 4 saturated heterocycles. The van der Waals surface area contributed by atoms with Crippen LogP contribution in [0.25, 0.3) is 21.5 Å². The van der Waals surface area contributed by atoms with E-state index in [1.54, 1.807) is 9.80 Å². The van der Waals surface area contributed by atoms with Gasteiger partial charge in [0.2, 0.25) is 23.6 Å². The fourth-order valence-corrected chi connectivity index (χ4v) is 14.1. The van der Waals surface area contributed by atoms with E-state index in [0.717, 1.165) is 83.5 Å². The average Bonchev–Trinajstić information content (AvgIpc) is 4.17. The van der Waals surface area contributed by atoms with Crippen molar-refractivity contribution in [1.82, 2.24) is 20.9 Å². The molecule has 2 aliphatic carbocycles. The summed E-state index contributed by atoms with van der Waals surface area (Å²) in [4.78, 5) is 91.2. The van der Waals surface area contributed by atoms with Gasteiger partial charge in [-0.1, -0.05) is 112 Å². The van der Waals surface area contributed by atoms with E-state index in [2.05, 4.69) is 101 Å². The number of carbonyl (C=O) groups excluding carboxylic acids is 7. The standard InChI is InChI=1S/C34H37N3O3.C28H27N3O3.C6H10O.ClH/c1-34(16-3-17-34)21-36-18-14-24(15-19-36)23-8-6-22(7-9-23)20-25-10-11-28-31-26(25)4-2-5-27(31)33(40)37(28)29-12-13-30(38)35-32(29)39;32-25-11-10-24(27(33)30-25)31-23-9-8-20(21-2-1-3-22(26(21)23)28(31)34)16-17-4-6-18(7-5-17)19-12-14-29-15-13-19;1-6(5-7)3-2-4-6;/h2,4-11,24,29H,3,12-21H2,1H3,(H,35,38,39);1-9,19,24,29H,10-16H2,(H,30,32,33);5H,2-4H2,1H3;1H. The fourth-order valence-electron chi connectivity index (χ4n) is 14.1. The van der Waals surface area contributed by atoms with Crippen LogP contribution < -0.4 is 25.8 Å². The maximum Gasteiger partial charge on any atom is 0.259 e. The van der Waals surface area contributed by atoms with Crippen LogP contribution in [0.15, 0.2) is 109 Å². The zero-order chi connectivity index (χ0) is 56.0. The minimum absolute atomic E-state index is 0. The highest BCUT2D eigenvalue weighted by Gasteiger charge is 2.43. The van der Waals surface area contributed by atoms with Crippen LogP contribution in [0.4, 0.5) is 11.4 Å². The molecule has 0 aromatic heterocycles. The van der Waals surface area contributed by atoms with Crippen molar-refractivity contribution in [3.05, 3.63) is 154 Å². The van der Waals surface area contributed by atoms with E-state index in [1.807, 2.05) is 43.3 Å². The molecule has 6 aromatic rings. The molecule has 6 fully saturated rings. The van der Waals surface area contributed by atoms with E-state index in [-0.39, 0.29) is 54.3 Å². The molecule has 426 valence electrons. The van der Waals surface area contributed by atoms with E-state index in [0.29, 0.717) is 41.2 Å². The third-order valence-electron chi connectivity index (χ3n) is 19.2. The summed E-state index contributed by atoms with van der Waals surface area (Å²) < 4.78 is 0. The molecule has 2 unspecified atom stereocenters. The van der Waals surface area contributed by atoms with E-state index < -0.39 is 23.9 Å². The van der Waals surface area contributed by atoms with Gasteiger partial charge >= 0.3 is 0 Å². The SMILES string of the molecule is CC1(C=O)CCC1.CC1(CN2CCC(c3ccc(Cc4ccc5c6c(cccc46)C(=O)N5C4CCC(=O)NC4=O)cc3)CC2)CCC1.Cl.O=C1CCC(N2C(=O)c3cccc4c(Cc5ccc(C6CCNCC6)cc5)ccc2c34)C(=O)N1. The van der Waals surface area contributed by atoms with Gasteiger partial charge < -0.3 is 15.0 Å². The van der Waals surface area contributed by atoms with Crippen LogP contribution in [0.3, 0.4) is 0 Å². The van der Waals surface area contributed by atoms with Crippen LogP contribution >= 0.6 is 12.4 Å². The molecule has 14 rings (SSSR count). The molecular weight excluding hydrogens is 1050 g/mol. The van der Waals surface area contributed by atoms with Crippen molar-refractivity contribution < 1.29 is 33.6 Å². The van der Waals surface area contributed by atoms with Gasteiger partial charge in [-0.05, 0) is 189 Å². The molecule has 6 aliphatic heterocycles. The maximum atomic E-state index is 13.4. The second-order valence-electron chi connectivity index (χ2n) is 24.9. The first-order chi connectivity index (χ1) is 39.2. The van der Waals surface area contributed by atoms with Gasteiger partial charge in [-0.25, -0.2) is 0 Å². The van der Waals surface area contributed by atoms with Crippen molar-refractivity contribution in [2.45, 2.75) is 141 Å². The van der Waals surface area contributed by atoms with Crippen LogP contribution in [0.1, 0.15) is 170 Å². The summed E-state index contributed by atoms with van der Waals surface area (Å²) in [7, 11) is 0. The number of hydrogen-bond acceptors (Lipinski definition) is 9. The number of hydrogen-bond donors (Lipinski definition) is 3. The Balaban J connectivity index is 0.000000153. The van der Waals surface area contributed by atoms with E-state index in [4.69, 9.17) is 0 Å². The number of nitrogens with zero attached hydrogens (tertiary/aromatic N) is 3. The van der Waals surface area contributed by atoms with E-state index in [1.165, 1.54) is 98.8 Å². The van der Waals surface area contributed by atoms with Gasteiger partial charge in [0.15, 0.2) is 0 Å². The van der Waals surface area contributed by atoms with Crippen molar-refractivity contribution in [2.75, 3.05) is 42.5 Å². The lowest BCUT2D eigenvalue weighted by Crippen LogP contribution is -2.53. The lowest BCUT2D eigenvalue weighted by atomic mass is 9.70. The lowest BCUT2D eigenvalue weighted by Gasteiger charge is -2.44. The first-order valence-electron chi connectivity index (χ1n) is 29.8. The summed E-state index contributed by atoms with van der Waals surface area (Å²) >= 11 is 0. The number of likely N-dealkylation sites (tertiary alicyclic amines) is 1. The Kier molecular flexibility index (Phi) is 16.4. The maximum absolute atomic E-state index is 13.4. The van der Waals surface area contributed by atoms with Gasteiger partial charge in [-0.3, -0.25) is 49.2 Å². The van der Waals surface area contributed by atoms with Gasteiger partial charge in [0, 0.05) is 46.7 Å². The number of amides is 6. The molecule has 6 heterocycles. The third-order valence-corrected chi connectivity index (χ3v) is 19.2. The molecule has 0 radical (unpaired) electrons. The number of aldehydes is 1. The van der Waals surface area contributed by atoms with Gasteiger partial charge in [0.05, 0.1) is 11.4 Å². The summed E-state index contributed by atoms with van der Waals surface area (Å²) in [6.45, 7) is 10.3. The lowest BCUT2D eigenvalue weighted by molar-refractivity contribution is -0.135. The first kappa shape index (κ1) is 56.8. The van der Waals surface area contributed by atoms with Gasteiger partial charge in [0.1, 0.15) is 18.4 Å². The summed E-state index contributed by atoms with van der Waals surface area (Å²) in [5, 5.41) is 12.1. The predicted octanol–water partition coefficient (Wildman–Crippen LogP) is 11.0. The number of anilines is 2. The molecule has 6 aromatic carbocycles. The molecule has 6 amide bonds. The number of rotatable bonds is 11. The average molecular weight is 1120 g/mol. The monoisotopic (exact) mass is 1120 g/mol. The van der Waals surface area contributed by atoms with Gasteiger partial charge in [-0.15, -0.1) is 12.4 Å². The highest BCUT2D eigenvalue weighted by Crippen LogP contribution is 2.45. The van der Waals surface area contributed by atoms with Crippen LogP contribution in [0, 0.1) is 10.8 Å². The Morgan fingerprint density at radius 1 is 0.537 bits per heavy atom. The zero-order valence-corrected chi connectivity index (χ0v) is 48.1. The largest absolute Gasteiger partial charge is 0.317 e. The number of imide groups is 2. The molecule has 0 bridgehead atoms. The van der Waals surface area contributed by atoms with E-state index in [9.17, 15) is 33.6 Å². The highest BCUT2D eigenvalue weighted by molar-refractivity contribution is 6.28. The summed E-state index contributed by atoms with van der Waals surface area (Å²) in [5.74, 6) is -0.408. The quantitative estimate of drug-likeness (QED) is 0.0846. The molecule has 2 atom stereocenters. The second-order valence-corrected chi connectivity index (χ2v) is 24.9.